The molecule has 1 aromatic heterocycles. The first-order valence-corrected chi connectivity index (χ1v) is 7.90. The Kier molecular flexibility index (Phi) is 4.85. The third-order valence-corrected chi connectivity index (χ3v) is 3.82. The Labute approximate surface area is 148 Å². The second-order valence-corrected chi connectivity index (χ2v) is 5.75. The summed E-state index contributed by atoms with van der Waals surface area (Å²) in [6.45, 7) is 3.08. The van der Waals surface area contributed by atoms with Gasteiger partial charge in [-0.25, -0.2) is 8.78 Å². The summed E-state index contributed by atoms with van der Waals surface area (Å²) in [5, 5.41) is 2.81. The molecule has 3 N–H and O–H groups in total. The Morgan fingerprint density at radius 1 is 1.35 bits per heavy atom. The van der Waals surface area contributed by atoms with Crippen LogP contribution in [0.3, 0.4) is 0 Å². The fourth-order valence-corrected chi connectivity index (χ4v) is 2.57. The van der Waals surface area contributed by atoms with Crippen LogP contribution in [-0.2, 0) is 16.1 Å². The molecule has 136 valence electrons. The number of fused-ring (bicyclic) bond motifs is 1. The van der Waals surface area contributed by atoms with Crippen molar-refractivity contribution in [2.45, 2.75) is 26.5 Å². The minimum absolute atomic E-state index is 0.00325. The largest absolute Gasteiger partial charge is 0.458 e. The van der Waals surface area contributed by atoms with E-state index in [2.05, 4.69) is 10.3 Å². The molecule has 6 nitrogen and oxygen atoms in total. The lowest BCUT2D eigenvalue weighted by Gasteiger charge is -2.11. The maximum atomic E-state index is 14.3. The lowest BCUT2D eigenvalue weighted by atomic mass is 10.1. The second kappa shape index (κ2) is 7.09. The van der Waals surface area contributed by atoms with Crippen molar-refractivity contribution in [2.24, 2.45) is 5.73 Å². The zero-order valence-corrected chi connectivity index (χ0v) is 14.2. The van der Waals surface area contributed by atoms with Gasteiger partial charge in [-0.3, -0.25) is 4.79 Å². The van der Waals surface area contributed by atoms with Crippen LogP contribution >= 0.6 is 0 Å². The number of rotatable bonds is 5. The van der Waals surface area contributed by atoms with Gasteiger partial charge in [0.2, 0.25) is 0 Å². The molecule has 3 rings (SSSR count). The van der Waals surface area contributed by atoms with E-state index in [4.69, 9.17) is 14.9 Å². The van der Waals surface area contributed by atoms with Gasteiger partial charge in [0.1, 0.15) is 17.4 Å². The fraction of sp³-hybridized carbons (Fsp3) is 0.222. The maximum Gasteiger partial charge on any atom is 0.303 e. The van der Waals surface area contributed by atoms with E-state index >= 15 is 0 Å². The van der Waals surface area contributed by atoms with Crippen LogP contribution in [0.4, 0.5) is 20.5 Å². The first kappa shape index (κ1) is 17.8. The Morgan fingerprint density at radius 3 is 2.81 bits per heavy atom. The summed E-state index contributed by atoms with van der Waals surface area (Å²) in [4.78, 5) is 15.1. The van der Waals surface area contributed by atoms with Crippen molar-refractivity contribution in [1.29, 1.82) is 0 Å². The number of oxazole rings is 1. The van der Waals surface area contributed by atoms with E-state index in [0.717, 1.165) is 0 Å². The zero-order chi connectivity index (χ0) is 18.8. The summed E-state index contributed by atoms with van der Waals surface area (Å²) in [6, 6.07) is 6.86. The Hall–Kier alpha value is -3.00. The lowest BCUT2D eigenvalue weighted by Crippen LogP contribution is -2.05. The number of halogens is 2. The molecule has 0 aliphatic carbocycles. The van der Waals surface area contributed by atoms with Crippen LogP contribution in [0.25, 0.3) is 11.1 Å². The van der Waals surface area contributed by atoms with Crippen LogP contribution in [0, 0.1) is 11.6 Å². The highest BCUT2D eigenvalue weighted by Gasteiger charge is 2.17. The van der Waals surface area contributed by atoms with Crippen molar-refractivity contribution in [3.05, 3.63) is 53.1 Å². The normalized spacial score (nSPS) is 12.2. The van der Waals surface area contributed by atoms with Gasteiger partial charge in [0, 0.05) is 19.2 Å². The van der Waals surface area contributed by atoms with Gasteiger partial charge in [0.05, 0.1) is 0 Å². The first-order valence-electron chi connectivity index (χ1n) is 7.90. The number of nitrogens with two attached hydrogens (primary N) is 1. The molecule has 2 aromatic carbocycles. The number of hydrogen-bond acceptors (Lipinski definition) is 6. The minimum Gasteiger partial charge on any atom is -0.458 e. The third kappa shape index (κ3) is 3.65. The van der Waals surface area contributed by atoms with Crippen LogP contribution in [0.5, 0.6) is 0 Å². The van der Waals surface area contributed by atoms with Gasteiger partial charge in [-0.05, 0) is 42.3 Å². The van der Waals surface area contributed by atoms with E-state index in [1.54, 1.807) is 19.1 Å². The summed E-state index contributed by atoms with van der Waals surface area (Å²) < 4.78 is 38.4. The predicted octanol–water partition coefficient (Wildman–Crippen LogP) is 3.93. The highest BCUT2D eigenvalue weighted by Crippen LogP contribution is 2.29. The highest BCUT2D eigenvalue weighted by atomic mass is 19.1. The Bertz CT molecular complexity index is 972. The van der Waals surface area contributed by atoms with Gasteiger partial charge in [0.25, 0.3) is 6.01 Å². The van der Waals surface area contributed by atoms with Crippen LogP contribution in [-0.4, -0.2) is 11.0 Å². The number of esters is 1. The first-order chi connectivity index (χ1) is 12.4. The molecule has 0 aliphatic heterocycles. The molecule has 0 saturated heterocycles. The van der Waals surface area contributed by atoms with Crippen LogP contribution < -0.4 is 11.1 Å². The molecule has 3 aromatic rings. The number of benzene rings is 2. The van der Waals surface area contributed by atoms with Crippen LogP contribution in [0.15, 0.2) is 34.7 Å². The SMILES string of the molecule is CC(=O)OC(C)c1cc(F)c2nc(Nc3cc(F)ccc3CN)oc2c1. The zero-order valence-electron chi connectivity index (χ0n) is 14.2. The Balaban J connectivity index is 1.96. The number of aromatic nitrogens is 1. The number of hydrogen-bond donors (Lipinski definition) is 2. The molecular weight excluding hydrogens is 344 g/mol. The van der Waals surface area contributed by atoms with E-state index in [0.29, 0.717) is 16.8 Å². The summed E-state index contributed by atoms with van der Waals surface area (Å²) in [6.07, 6.45) is -0.639. The molecule has 0 bridgehead atoms. The monoisotopic (exact) mass is 361 g/mol. The third-order valence-electron chi connectivity index (χ3n) is 3.82. The maximum absolute atomic E-state index is 14.3. The highest BCUT2D eigenvalue weighted by molar-refractivity contribution is 5.77. The number of carbonyl (C=O) groups is 1. The van der Waals surface area contributed by atoms with E-state index in [1.165, 1.54) is 25.1 Å². The van der Waals surface area contributed by atoms with Crippen molar-refractivity contribution >= 4 is 28.8 Å². The number of carbonyl (C=O) groups excluding carboxylic acids is 1. The Morgan fingerprint density at radius 2 is 2.12 bits per heavy atom. The van der Waals surface area contributed by atoms with E-state index in [-0.39, 0.29) is 23.7 Å². The molecule has 0 amide bonds. The summed E-state index contributed by atoms with van der Waals surface area (Å²) in [7, 11) is 0. The quantitative estimate of drug-likeness (QED) is 0.669. The van der Waals surface area contributed by atoms with Crippen molar-refractivity contribution in [2.75, 3.05) is 5.32 Å². The van der Waals surface area contributed by atoms with E-state index < -0.39 is 23.7 Å². The average molecular weight is 361 g/mol. The number of nitrogens with zero attached hydrogens (tertiary/aromatic N) is 1. The van der Waals surface area contributed by atoms with Crippen LogP contribution in [0.1, 0.15) is 31.1 Å². The number of anilines is 2. The number of ether oxygens (including phenoxy) is 1. The van der Waals surface area contributed by atoms with Crippen molar-refractivity contribution in [1.82, 2.24) is 4.98 Å². The molecule has 0 spiro atoms. The molecule has 0 saturated carbocycles. The second-order valence-electron chi connectivity index (χ2n) is 5.75. The topological polar surface area (TPSA) is 90.4 Å². The minimum atomic E-state index is -0.639. The fourth-order valence-electron chi connectivity index (χ4n) is 2.57. The predicted molar refractivity (Wildman–Crippen MR) is 91.7 cm³/mol. The van der Waals surface area contributed by atoms with Gasteiger partial charge in [-0.15, -0.1) is 0 Å². The van der Waals surface area contributed by atoms with Crippen molar-refractivity contribution in [3.8, 4) is 0 Å². The van der Waals surface area contributed by atoms with E-state index in [1.807, 2.05) is 0 Å². The average Bonchev–Trinajstić information content (AvgIpc) is 2.97. The van der Waals surface area contributed by atoms with Gasteiger partial charge in [0.15, 0.2) is 11.4 Å². The molecule has 8 heteroatoms. The summed E-state index contributed by atoms with van der Waals surface area (Å²) in [5.74, 6) is -1.55. The molecule has 1 atom stereocenters. The molecule has 0 radical (unpaired) electrons. The number of nitrogens with one attached hydrogen (secondary N) is 1. The van der Waals surface area contributed by atoms with E-state index in [9.17, 15) is 13.6 Å². The van der Waals surface area contributed by atoms with Crippen LogP contribution in [0.2, 0.25) is 0 Å². The summed E-state index contributed by atoms with van der Waals surface area (Å²) >= 11 is 0. The van der Waals surface area contributed by atoms with Crippen molar-refractivity contribution < 1.29 is 22.7 Å². The molecule has 26 heavy (non-hydrogen) atoms. The molecular formula is C18H17F2N3O3. The van der Waals surface area contributed by atoms with Gasteiger partial charge >= 0.3 is 5.97 Å². The summed E-state index contributed by atoms with van der Waals surface area (Å²) in [5.41, 5.74) is 7.28. The van der Waals surface area contributed by atoms with Gasteiger partial charge < -0.3 is 20.2 Å². The van der Waals surface area contributed by atoms with Gasteiger partial charge in [-0.2, -0.15) is 4.98 Å². The smallest absolute Gasteiger partial charge is 0.303 e. The lowest BCUT2D eigenvalue weighted by molar-refractivity contribution is -0.145. The molecule has 1 heterocycles. The molecule has 0 fully saturated rings. The van der Waals surface area contributed by atoms with Crippen molar-refractivity contribution in [3.63, 3.8) is 0 Å². The molecule has 1 unspecified atom stereocenters. The molecule has 0 aliphatic rings. The standard InChI is InChI=1S/C18H17F2N3O3/c1-9(25-10(2)24)12-5-14(20)17-16(6-12)26-18(23-17)22-15-7-13(19)4-3-11(15)8-21/h3-7,9H,8,21H2,1-2H3,(H,22,23). The van der Waals surface area contributed by atoms with Gasteiger partial charge in [-0.1, -0.05) is 6.07 Å².